The Morgan fingerprint density at radius 3 is 2.58 bits per heavy atom. The number of carbonyl (C=O) groups is 1. The van der Waals surface area contributed by atoms with Gasteiger partial charge in [0.2, 0.25) is 18.3 Å². The summed E-state index contributed by atoms with van der Waals surface area (Å²) in [6.45, 7) is 3.58. The highest BCUT2D eigenvalue weighted by atomic mass is 19.1. The van der Waals surface area contributed by atoms with Gasteiger partial charge < -0.3 is 9.88 Å². The Morgan fingerprint density at radius 1 is 1.17 bits per heavy atom. The van der Waals surface area contributed by atoms with Crippen molar-refractivity contribution in [2.45, 2.75) is 57.0 Å². The van der Waals surface area contributed by atoms with Crippen molar-refractivity contribution in [3.8, 4) is 0 Å². The Hall–Kier alpha value is -3.33. The van der Waals surface area contributed by atoms with Gasteiger partial charge >= 0.3 is 0 Å². The first-order chi connectivity index (χ1) is 17.3. The van der Waals surface area contributed by atoms with Gasteiger partial charge in [0.15, 0.2) is 5.82 Å². The van der Waals surface area contributed by atoms with Crippen molar-refractivity contribution in [2.75, 3.05) is 18.4 Å². The third-order valence-electron chi connectivity index (χ3n) is 8.42. The topological polar surface area (TPSA) is 74.3 Å². The number of rotatable bonds is 5. The number of fused-ring (bicyclic) bond motifs is 1. The number of imidazole rings is 1. The third kappa shape index (κ3) is 4.15. The normalized spacial score (nSPS) is 23.4. The molecule has 0 bridgehead atoms. The molecule has 2 fully saturated rings. The van der Waals surface area contributed by atoms with Crippen molar-refractivity contribution in [2.24, 2.45) is 5.41 Å². The van der Waals surface area contributed by atoms with Crippen LogP contribution in [-0.4, -0.2) is 44.7 Å². The average Bonchev–Trinajstić information content (AvgIpc) is 3.33. The van der Waals surface area contributed by atoms with Crippen LogP contribution < -0.4 is 10.0 Å². The van der Waals surface area contributed by atoms with Gasteiger partial charge in [0, 0.05) is 48.0 Å². The fourth-order valence-electron chi connectivity index (χ4n) is 6.14. The zero-order valence-electron chi connectivity index (χ0n) is 20.2. The number of anilines is 1. The molecule has 0 radical (unpaired) electrons. The monoisotopic (exact) mass is 494 g/mol. The van der Waals surface area contributed by atoms with Crippen molar-refractivity contribution in [3.05, 3.63) is 77.5 Å². The number of hydrogen-bond acceptors (Lipinski definition) is 4. The lowest BCUT2D eigenvalue weighted by Gasteiger charge is -2.41. The highest BCUT2D eigenvalue weighted by molar-refractivity contribution is 5.93. The van der Waals surface area contributed by atoms with Gasteiger partial charge in [-0.3, -0.25) is 14.9 Å². The van der Waals surface area contributed by atoms with Crippen molar-refractivity contribution in [1.29, 1.82) is 0 Å². The fourth-order valence-corrected chi connectivity index (χ4v) is 6.14. The minimum atomic E-state index is -0.597. The van der Waals surface area contributed by atoms with Crippen molar-refractivity contribution in [3.63, 3.8) is 0 Å². The average molecular weight is 495 g/mol. The quantitative estimate of drug-likeness (QED) is 0.418. The number of aromatic nitrogens is 3. The molecular formula is C27H30F2N5O2+. The molecule has 4 heterocycles. The van der Waals surface area contributed by atoms with Gasteiger partial charge in [0.1, 0.15) is 17.5 Å². The molecule has 1 spiro atoms. The van der Waals surface area contributed by atoms with E-state index in [4.69, 9.17) is 0 Å². The van der Waals surface area contributed by atoms with E-state index in [9.17, 15) is 18.8 Å². The molecule has 36 heavy (non-hydrogen) atoms. The molecule has 3 aliphatic rings. The molecule has 2 aliphatic heterocycles. The second kappa shape index (κ2) is 8.65. The molecule has 2 N–H and O–H groups in total. The van der Waals surface area contributed by atoms with Crippen LogP contribution in [0.25, 0.3) is 0 Å². The molecule has 1 amide bonds. The lowest BCUT2D eigenvalue weighted by Crippen LogP contribution is -2.49. The van der Waals surface area contributed by atoms with Gasteiger partial charge in [-0.05, 0) is 67.8 Å². The molecule has 0 unspecified atom stereocenters. The predicted molar refractivity (Wildman–Crippen MR) is 128 cm³/mol. The molecule has 1 aliphatic carbocycles. The smallest absolute Gasteiger partial charge is 0.242 e. The molecule has 3 aromatic rings. The summed E-state index contributed by atoms with van der Waals surface area (Å²) in [6.07, 6.45) is 9.93. The lowest BCUT2D eigenvalue weighted by molar-refractivity contribution is -0.904. The van der Waals surface area contributed by atoms with Crippen LogP contribution in [0.2, 0.25) is 0 Å². The number of aryl methyl sites for hydroxylation is 1. The van der Waals surface area contributed by atoms with Crippen LogP contribution in [0.15, 0.2) is 48.9 Å². The second-order valence-electron chi connectivity index (χ2n) is 10.5. The van der Waals surface area contributed by atoms with E-state index in [1.54, 1.807) is 18.6 Å². The van der Waals surface area contributed by atoms with Crippen LogP contribution in [0.4, 0.5) is 14.6 Å². The summed E-state index contributed by atoms with van der Waals surface area (Å²) in [5.41, 5.74) is 2.07. The highest BCUT2D eigenvalue weighted by Gasteiger charge is 2.53. The zero-order valence-corrected chi connectivity index (χ0v) is 20.2. The Balaban J connectivity index is 1.15. The van der Waals surface area contributed by atoms with E-state index in [1.807, 2.05) is 23.6 Å². The van der Waals surface area contributed by atoms with E-state index < -0.39 is 11.6 Å². The SMILES string of the molecule is C[C@@H](C(=O)Nc1cn2c(n1)CC[C@@H]2c1cc(F)cc(F)c1)N1CCC2(CC2)[C@H](c2cc[n+](O)cc2)C1. The minimum Gasteiger partial charge on any atom is -0.325 e. The summed E-state index contributed by atoms with van der Waals surface area (Å²) in [4.78, 5) is 20.0. The standard InChI is InChI=1S/C27H29F2N5O2/c1-17(32-11-8-27(6-7-27)22(15-32)18-4-9-33(36)10-5-18)26(35)31-24-16-34-23(2-3-25(34)30-24)19-12-20(28)14-21(29)13-19/h4-5,9-10,12-14,16-17,22-23H,2-3,6-8,11,15H2,1H3,(H-,31,35,36)/p+1/t17-,22-,23+/m0/s1. The van der Waals surface area contributed by atoms with E-state index >= 15 is 0 Å². The first kappa shape index (κ1) is 23.1. The molecular weight excluding hydrogens is 464 g/mol. The summed E-state index contributed by atoms with van der Waals surface area (Å²) in [5.74, 6) is 0.274. The first-order valence-electron chi connectivity index (χ1n) is 12.6. The highest BCUT2D eigenvalue weighted by Crippen LogP contribution is 2.60. The van der Waals surface area contributed by atoms with Crippen LogP contribution in [0.1, 0.15) is 61.5 Å². The number of nitrogens with one attached hydrogen (secondary N) is 1. The number of carbonyl (C=O) groups excluding carboxylic acids is 1. The summed E-state index contributed by atoms with van der Waals surface area (Å²) in [5, 5.41) is 12.6. The van der Waals surface area contributed by atoms with E-state index in [2.05, 4.69) is 15.2 Å². The third-order valence-corrected chi connectivity index (χ3v) is 8.42. The maximum absolute atomic E-state index is 13.8. The van der Waals surface area contributed by atoms with Gasteiger partial charge in [-0.25, -0.2) is 13.8 Å². The molecule has 9 heteroatoms. The molecule has 7 nitrogen and oxygen atoms in total. The first-order valence-corrected chi connectivity index (χ1v) is 12.6. The summed E-state index contributed by atoms with van der Waals surface area (Å²) in [6, 6.07) is 6.97. The number of nitrogens with zero attached hydrogens (tertiary/aromatic N) is 4. The van der Waals surface area contributed by atoms with Crippen molar-refractivity contribution < 1.29 is 23.5 Å². The molecule has 1 saturated carbocycles. The molecule has 1 aromatic carbocycles. The maximum atomic E-state index is 13.8. The van der Waals surface area contributed by atoms with Crippen molar-refractivity contribution in [1.82, 2.24) is 14.5 Å². The van der Waals surface area contributed by atoms with Crippen LogP contribution in [0.3, 0.4) is 0 Å². The van der Waals surface area contributed by atoms with Gasteiger partial charge in [-0.2, -0.15) is 0 Å². The number of benzene rings is 1. The number of amides is 1. The van der Waals surface area contributed by atoms with Gasteiger partial charge in [-0.15, -0.1) is 0 Å². The molecule has 6 rings (SSSR count). The predicted octanol–water partition coefficient (Wildman–Crippen LogP) is 3.82. The van der Waals surface area contributed by atoms with Crippen LogP contribution >= 0.6 is 0 Å². The van der Waals surface area contributed by atoms with Crippen molar-refractivity contribution >= 4 is 11.7 Å². The Kier molecular flexibility index (Phi) is 5.55. The summed E-state index contributed by atoms with van der Waals surface area (Å²) in [7, 11) is 0. The number of likely N-dealkylation sites (tertiary alicyclic amines) is 1. The van der Waals surface area contributed by atoms with E-state index in [1.165, 1.54) is 30.5 Å². The lowest BCUT2D eigenvalue weighted by atomic mass is 9.77. The Bertz CT molecular complexity index is 1280. The van der Waals surface area contributed by atoms with E-state index in [0.717, 1.165) is 36.1 Å². The van der Waals surface area contributed by atoms with E-state index in [-0.39, 0.29) is 18.0 Å². The summed E-state index contributed by atoms with van der Waals surface area (Å²) < 4.78 is 30.5. The van der Waals surface area contributed by atoms with Gasteiger partial charge in [0.25, 0.3) is 0 Å². The molecule has 1 saturated heterocycles. The zero-order chi connectivity index (χ0) is 25.0. The number of pyridine rings is 1. The van der Waals surface area contributed by atoms with E-state index in [0.29, 0.717) is 35.6 Å². The molecule has 188 valence electrons. The van der Waals surface area contributed by atoms with Crippen LogP contribution in [0.5, 0.6) is 0 Å². The van der Waals surface area contributed by atoms with Gasteiger partial charge in [0.05, 0.1) is 12.1 Å². The summed E-state index contributed by atoms with van der Waals surface area (Å²) >= 11 is 0. The minimum absolute atomic E-state index is 0.119. The number of piperidine rings is 1. The molecule has 3 atom stereocenters. The van der Waals surface area contributed by atoms with Gasteiger partial charge in [-0.1, -0.05) is 0 Å². The largest absolute Gasteiger partial charge is 0.325 e. The van der Waals surface area contributed by atoms with Crippen LogP contribution in [-0.2, 0) is 11.2 Å². The Morgan fingerprint density at radius 2 is 1.89 bits per heavy atom. The maximum Gasteiger partial charge on any atom is 0.242 e. The fraction of sp³-hybridized carbons (Fsp3) is 0.444. The van der Waals surface area contributed by atoms with Crippen LogP contribution in [0, 0.1) is 17.0 Å². The number of hydrogen-bond donors (Lipinski definition) is 2. The Labute approximate surface area is 208 Å². The second-order valence-corrected chi connectivity index (χ2v) is 10.5. The molecule has 2 aromatic heterocycles. The number of halogens is 2.